The van der Waals surface area contributed by atoms with Crippen LogP contribution in [0.3, 0.4) is 0 Å². The fourth-order valence-corrected chi connectivity index (χ4v) is 3.39. The number of hydrogen-bond acceptors (Lipinski definition) is 3. The summed E-state index contributed by atoms with van der Waals surface area (Å²) < 4.78 is 12.2. The van der Waals surface area contributed by atoms with Gasteiger partial charge in [0.15, 0.2) is 6.73 Å². The molecular formula is C14H20ClNO3. The topological polar surface area (TPSA) is 35.5 Å². The van der Waals surface area contributed by atoms with E-state index in [-0.39, 0.29) is 18.4 Å². The van der Waals surface area contributed by atoms with Crippen molar-refractivity contribution in [3.63, 3.8) is 0 Å². The molecule has 2 fully saturated rings. The predicted molar refractivity (Wildman–Crippen MR) is 66.6 cm³/mol. The maximum atomic E-state index is 11.6. The van der Waals surface area contributed by atoms with Crippen LogP contribution in [-0.2, 0) is 14.3 Å². The zero-order valence-electron chi connectivity index (χ0n) is 11.4. The van der Waals surface area contributed by atoms with Crippen LogP contribution in [0, 0.1) is 0 Å². The summed E-state index contributed by atoms with van der Waals surface area (Å²) in [6.45, 7) is 7.13. The number of halogens is 1. The molecule has 4 nitrogen and oxygen atoms in total. The number of rotatable bonds is 3. The molecule has 0 radical (unpaired) electrons. The minimum Gasteiger partial charge on any atom is -1.00 e. The van der Waals surface area contributed by atoms with Gasteiger partial charge in [-0.2, -0.15) is 0 Å². The van der Waals surface area contributed by atoms with Gasteiger partial charge in [-0.1, -0.05) is 6.08 Å². The highest BCUT2D eigenvalue weighted by Gasteiger charge is 2.58. The summed E-state index contributed by atoms with van der Waals surface area (Å²) >= 11 is 0. The molecule has 106 valence electrons. The maximum Gasteiger partial charge on any atom is 0.333 e. The van der Waals surface area contributed by atoms with Crippen molar-refractivity contribution in [1.82, 2.24) is 0 Å². The molecule has 0 aliphatic carbocycles. The number of ether oxygens (including phenoxy) is 2. The first kappa shape index (κ1) is 14.6. The molecule has 3 atom stereocenters. The molecule has 3 rings (SSSR count). The zero-order chi connectivity index (χ0) is 12.8. The standard InChI is InChI=1S/C14H20NO3.ClH/c1-3-10(2)14(16)17-8-11-4-6-15-7-5-12(13(11)15)18-9-15;/h3-4,12-13H,5-9H2,1-2H3;1H/q+1;/p-1/b10-3-;/t12-,13?,15?;/m0./s1. The number of quaternary nitrogens is 1. The Balaban J connectivity index is 0.00000133. The molecule has 0 amide bonds. The molecule has 0 spiro atoms. The lowest BCUT2D eigenvalue weighted by Crippen LogP contribution is -3.00. The Labute approximate surface area is 120 Å². The first-order valence-corrected chi connectivity index (χ1v) is 6.62. The van der Waals surface area contributed by atoms with E-state index in [1.807, 2.05) is 6.92 Å². The van der Waals surface area contributed by atoms with Gasteiger partial charge in [-0.3, -0.25) is 4.48 Å². The van der Waals surface area contributed by atoms with Crippen molar-refractivity contribution in [1.29, 1.82) is 0 Å². The molecule has 5 heteroatoms. The van der Waals surface area contributed by atoms with E-state index in [9.17, 15) is 4.79 Å². The Bertz CT molecular complexity index is 436. The molecule has 0 saturated carbocycles. The lowest BCUT2D eigenvalue weighted by atomic mass is 10.1. The normalized spacial score (nSPS) is 35.7. The van der Waals surface area contributed by atoms with Crippen molar-refractivity contribution >= 4 is 5.97 Å². The number of allylic oxidation sites excluding steroid dienone is 1. The molecular weight excluding hydrogens is 266 g/mol. The van der Waals surface area contributed by atoms with Crippen LogP contribution in [0.4, 0.5) is 0 Å². The Morgan fingerprint density at radius 1 is 1.63 bits per heavy atom. The Morgan fingerprint density at radius 2 is 2.42 bits per heavy atom. The lowest BCUT2D eigenvalue weighted by Gasteiger charge is -2.29. The molecule has 19 heavy (non-hydrogen) atoms. The van der Waals surface area contributed by atoms with Crippen LogP contribution in [0.5, 0.6) is 0 Å². The van der Waals surface area contributed by atoms with E-state index in [0.29, 0.717) is 24.3 Å². The molecule has 2 saturated heterocycles. The highest BCUT2D eigenvalue weighted by molar-refractivity contribution is 5.87. The van der Waals surface area contributed by atoms with E-state index in [1.54, 1.807) is 13.0 Å². The first-order valence-electron chi connectivity index (χ1n) is 6.62. The minimum absolute atomic E-state index is 0. The summed E-state index contributed by atoms with van der Waals surface area (Å²) in [7, 11) is 0. The van der Waals surface area contributed by atoms with Gasteiger partial charge in [0, 0.05) is 17.6 Å². The van der Waals surface area contributed by atoms with Crippen LogP contribution in [0.25, 0.3) is 0 Å². The molecule has 3 aliphatic rings. The molecule has 2 unspecified atom stereocenters. The summed E-state index contributed by atoms with van der Waals surface area (Å²) in [5.74, 6) is -0.210. The van der Waals surface area contributed by atoms with Gasteiger partial charge in [-0.15, -0.1) is 0 Å². The third kappa shape index (κ3) is 2.22. The number of nitrogens with zero attached hydrogens (tertiary/aromatic N) is 1. The van der Waals surface area contributed by atoms with Crippen molar-refractivity contribution in [2.24, 2.45) is 0 Å². The molecule has 3 heterocycles. The van der Waals surface area contributed by atoms with Crippen LogP contribution in [-0.4, -0.2) is 49.0 Å². The van der Waals surface area contributed by atoms with Crippen molar-refractivity contribution in [3.8, 4) is 0 Å². The summed E-state index contributed by atoms with van der Waals surface area (Å²) in [6.07, 6.45) is 5.52. The van der Waals surface area contributed by atoms with E-state index >= 15 is 0 Å². The van der Waals surface area contributed by atoms with Gasteiger partial charge in [0.05, 0.1) is 6.54 Å². The number of carbonyl (C=O) groups is 1. The molecule has 2 bridgehead atoms. The van der Waals surface area contributed by atoms with Gasteiger partial charge < -0.3 is 21.9 Å². The smallest absolute Gasteiger partial charge is 0.333 e. The quantitative estimate of drug-likeness (QED) is 0.271. The van der Waals surface area contributed by atoms with Gasteiger partial charge >= 0.3 is 5.97 Å². The van der Waals surface area contributed by atoms with E-state index < -0.39 is 0 Å². The number of hydrogen-bond donors (Lipinski definition) is 0. The molecule has 0 N–H and O–H groups in total. The molecule has 3 aliphatic heterocycles. The van der Waals surface area contributed by atoms with E-state index in [2.05, 4.69) is 6.08 Å². The van der Waals surface area contributed by atoms with Gasteiger partial charge in [0.1, 0.15) is 25.3 Å². The minimum atomic E-state index is -0.210. The average Bonchev–Trinajstić information content (AvgIpc) is 3.02. The highest BCUT2D eigenvalue weighted by atomic mass is 35.5. The van der Waals surface area contributed by atoms with Crippen LogP contribution < -0.4 is 12.4 Å². The highest BCUT2D eigenvalue weighted by Crippen LogP contribution is 2.43. The first-order chi connectivity index (χ1) is 8.66. The molecule has 0 aromatic rings. The maximum absolute atomic E-state index is 11.6. The van der Waals surface area contributed by atoms with Gasteiger partial charge in [-0.05, 0) is 19.9 Å². The fourth-order valence-electron chi connectivity index (χ4n) is 3.39. The Hall–Kier alpha value is -0.840. The van der Waals surface area contributed by atoms with Crippen molar-refractivity contribution in [3.05, 3.63) is 23.3 Å². The largest absolute Gasteiger partial charge is 1.00 e. The predicted octanol–water partition coefficient (Wildman–Crippen LogP) is -1.61. The lowest BCUT2D eigenvalue weighted by molar-refractivity contribution is -0.926. The average molecular weight is 286 g/mol. The van der Waals surface area contributed by atoms with Crippen LogP contribution >= 0.6 is 0 Å². The van der Waals surface area contributed by atoms with E-state index in [1.165, 1.54) is 12.1 Å². The Morgan fingerprint density at radius 3 is 3.05 bits per heavy atom. The molecule has 0 aromatic heterocycles. The van der Waals surface area contributed by atoms with Crippen molar-refractivity contribution in [2.75, 3.05) is 26.4 Å². The van der Waals surface area contributed by atoms with Crippen LogP contribution in [0.1, 0.15) is 20.3 Å². The van der Waals surface area contributed by atoms with E-state index in [0.717, 1.165) is 24.2 Å². The third-order valence-electron chi connectivity index (χ3n) is 4.57. The second kappa shape index (κ2) is 5.27. The van der Waals surface area contributed by atoms with Gasteiger partial charge in [0.2, 0.25) is 0 Å². The zero-order valence-corrected chi connectivity index (χ0v) is 12.2. The van der Waals surface area contributed by atoms with Crippen LogP contribution in [0.15, 0.2) is 23.3 Å². The summed E-state index contributed by atoms with van der Waals surface area (Å²) in [5.41, 5.74) is 1.93. The summed E-state index contributed by atoms with van der Waals surface area (Å²) in [5, 5.41) is 0. The van der Waals surface area contributed by atoms with E-state index in [4.69, 9.17) is 9.47 Å². The van der Waals surface area contributed by atoms with Gasteiger partial charge in [0.25, 0.3) is 0 Å². The second-order valence-electron chi connectivity index (χ2n) is 5.52. The van der Waals surface area contributed by atoms with Crippen molar-refractivity contribution in [2.45, 2.75) is 32.4 Å². The number of carbonyl (C=O) groups excluding carboxylic acids is 1. The molecule has 0 aromatic carbocycles. The third-order valence-corrected chi connectivity index (χ3v) is 4.57. The fraction of sp³-hybridized carbons (Fsp3) is 0.643. The van der Waals surface area contributed by atoms with Crippen LogP contribution in [0.2, 0.25) is 0 Å². The SMILES string of the molecule is C/C=C(/C)C(=O)OCC1=CC[N+]23CC[C@H](OC2)C13.[Cl-]. The Kier molecular flexibility index (Phi) is 4.04. The summed E-state index contributed by atoms with van der Waals surface area (Å²) in [6, 6.07) is 0.448. The van der Waals surface area contributed by atoms with Crippen molar-refractivity contribution < 1.29 is 31.2 Å². The summed E-state index contributed by atoms with van der Waals surface area (Å²) in [4.78, 5) is 11.6. The second-order valence-corrected chi connectivity index (χ2v) is 5.52. The number of esters is 1. The van der Waals surface area contributed by atoms with Gasteiger partial charge in [-0.25, -0.2) is 4.79 Å². The monoisotopic (exact) mass is 285 g/mol.